The Bertz CT molecular complexity index is 187. The summed E-state index contributed by atoms with van der Waals surface area (Å²) in [5.41, 5.74) is 1.25. The van der Waals surface area contributed by atoms with Crippen molar-refractivity contribution in [3.05, 3.63) is 29.8 Å². The van der Waals surface area contributed by atoms with Crippen molar-refractivity contribution in [2.75, 3.05) is 0 Å². The van der Waals surface area contributed by atoms with E-state index in [0.717, 1.165) is 12.2 Å². The standard InChI is InChI=1S/C8H11OP/c1-2-7-5-3-4-6-8(7)9-10/h3-6H,2,10H2,1H3. The Kier molecular flexibility index (Phi) is 2.70. The predicted molar refractivity (Wildman–Crippen MR) is 46.2 cm³/mol. The maximum atomic E-state index is 5.05. The molecular formula is C8H11OP. The minimum atomic E-state index is 0.954. The number of benzene rings is 1. The molecule has 0 bridgehead atoms. The van der Waals surface area contributed by atoms with Gasteiger partial charge in [-0.25, -0.2) is 0 Å². The van der Waals surface area contributed by atoms with Gasteiger partial charge in [0.15, 0.2) is 0 Å². The average molecular weight is 154 g/mol. The van der Waals surface area contributed by atoms with Crippen molar-refractivity contribution in [1.82, 2.24) is 0 Å². The minimum absolute atomic E-state index is 0.954. The molecule has 0 heterocycles. The van der Waals surface area contributed by atoms with E-state index in [9.17, 15) is 0 Å². The molecule has 0 spiro atoms. The van der Waals surface area contributed by atoms with Crippen LogP contribution in [0.25, 0.3) is 0 Å². The van der Waals surface area contributed by atoms with Gasteiger partial charge in [0.05, 0.1) is 9.47 Å². The lowest BCUT2D eigenvalue weighted by molar-refractivity contribution is 0.635. The zero-order chi connectivity index (χ0) is 7.40. The van der Waals surface area contributed by atoms with E-state index < -0.39 is 0 Å². The summed E-state index contributed by atoms with van der Waals surface area (Å²) in [6.45, 7) is 2.11. The summed E-state index contributed by atoms with van der Waals surface area (Å²) in [6, 6.07) is 8.02. The zero-order valence-electron chi connectivity index (χ0n) is 6.00. The topological polar surface area (TPSA) is 9.23 Å². The lowest BCUT2D eigenvalue weighted by Crippen LogP contribution is -1.83. The summed E-state index contributed by atoms with van der Waals surface area (Å²) in [6.07, 6.45) is 1.02. The molecule has 0 N–H and O–H groups in total. The van der Waals surface area contributed by atoms with Crippen molar-refractivity contribution in [1.29, 1.82) is 0 Å². The Labute approximate surface area is 63.7 Å². The number of aryl methyl sites for hydroxylation is 1. The van der Waals surface area contributed by atoms with Gasteiger partial charge in [-0.15, -0.1) is 0 Å². The molecule has 0 aliphatic heterocycles. The molecule has 0 saturated heterocycles. The van der Waals surface area contributed by atoms with Crippen LogP contribution < -0.4 is 4.52 Å². The molecule has 0 fully saturated rings. The van der Waals surface area contributed by atoms with Gasteiger partial charge in [-0.2, -0.15) is 0 Å². The predicted octanol–water partition coefficient (Wildman–Crippen LogP) is 2.42. The second-order valence-corrected chi connectivity index (χ2v) is 2.31. The highest BCUT2D eigenvalue weighted by Crippen LogP contribution is 2.19. The van der Waals surface area contributed by atoms with Crippen LogP contribution in [0.15, 0.2) is 24.3 Å². The fourth-order valence-corrected chi connectivity index (χ4v) is 1.14. The fraction of sp³-hybridized carbons (Fsp3) is 0.250. The van der Waals surface area contributed by atoms with Gasteiger partial charge >= 0.3 is 0 Å². The Morgan fingerprint density at radius 1 is 1.40 bits per heavy atom. The van der Waals surface area contributed by atoms with Crippen LogP contribution in [0.4, 0.5) is 0 Å². The molecule has 0 saturated carbocycles. The van der Waals surface area contributed by atoms with Crippen molar-refractivity contribution >= 4 is 9.47 Å². The maximum Gasteiger partial charge on any atom is 0.125 e. The van der Waals surface area contributed by atoms with Gasteiger partial charge in [-0.05, 0) is 18.1 Å². The number of hydrogen-bond donors (Lipinski definition) is 0. The van der Waals surface area contributed by atoms with E-state index in [1.165, 1.54) is 5.56 Å². The van der Waals surface area contributed by atoms with E-state index in [0.29, 0.717) is 0 Å². The van der Waals surface area contributed by atoms with Crippen LogP contribution in [-0.4, -0.2) is 0 Å². The Morgan fingerprint density at radius 3 is 2.60 bits per heavy atom. The SMILES string of the molecule is CCc1ccccc1OP. The first-order valence-electron chi connectivity index (χ1n) is 3.33. The summed E-state index contributed by atoms with van der Waals surface area (Å²) in [7, 11) is 2.26. The molecule has 0 aromatic heterocycles. The largest absolute Gasteiger partial charge is 0.480 e. The van der Waals surface area contributed by atoms with Gasteiger partial charge in [0, 0.05) is 0 Å². The maximum absolute atomic E-state index is 5.05. The lowest BCUT2D eigenvalue weighted by Gasteiger charge is -2.03. The van der Waals surface area contributed by atoms with E-state index in [4.69, 9.17) is 4.52 Å². The number of rotatable bonds is 2. The molecule has 1 atom stereocenters. The van der Waals surface area contributed by atoms with Gasteiger partial charge in [0.2, 0.25) is 0 Å². The summed E-state index contributed by atoms with van der Waals surface area (Å²) in [5.74, 6) is 0.954. The van der Waals surface area contributed by atoms with E-state index in [1.54, 1.807) is 0 Å². The fourth-order valence-electron chi connectivity index (χ4n) is 0.911. The van der Waals surface area contributed by atoms with Crippen molar-refractivity contribution in [3.63, 3.8) is 0 Å². The molecule has 1 nitrogen and oxygen atoms in total. The molecule has 0 radical (unpaired) electrons. The highest BCUT2D eigenvalue weighted by Gasteiger charge is 1.95. The van der Waals surface area contributed by atoms with Gasteiger partial charge < -0.3 is 4.52 Å². The second kappa shape index (κ2) is 3.58. The van der Waals surface area contributed by atoms with Gasteiger partial charge in [0.1, 0.15) is 5.75 Å². The molecule has 0 aliphatic carbocycles. The van der Waals surface area contributed by atoms with Crippen LogP contribution in [0.5, 0.6) is 5.75 Å². The van der Waals surface area contributed by atoms with Gasteiger partial charge in [-0.1, -0.05) is 25.1 Å². The smallest absolute Gasteiger partial charge is 0.125 e. The Morgan fingerprint density at radius 2 is 2.10 bits per heavy atom. The molecule has 1 aromatic carbocycles. The molecule has 0 amide bonds. The number of hydrogen-bond acceptors (Lipinski definition) is 1. The molecule has 1 aromatic rings. The summed E-state index contributed by atoms with van der Waals surface area (Å²) in [5, 5.41) is 0. The second-order valence-electron chi connectivity index (χ2n) is 2.08. The minimum Gasteiger partial charge on any atom is -0.480 e. The van der Waals surface area contributed by atoms with Crippen LogP contribution >= 0.6 is 9.47 Å². The number of para-hydroxylation sites is 1. The molecule has 10 heavy (non-hydrogen) atoms. The van der Waals surface area contributed by atoms with Crippen LogP contribution in [0.3, 0.4) is 0 Å². The quantitative estimate of drug-likeness (QED) is 0.594. The van der Waals surface area contributed by atoms with Crippen LogP contribution in [0.1, 0.15) is 12.5 Å². The van der Waals surface area contributed by atoms with E-state index in [1.807, 2.05) is 18.2 Å². The highest BCUT2D eigenvalue weighted by molar-refractivity contribution is 7.10. The first-order chi connectivity index (χ1) is 4.88. The van der Waals surface area contributed by atoms with Gasteiger partial charge in [-0.3, -0.25) is 0 Å². The van der Waals surface area contributed by atoms with Crippen LogP contribution in [0.2, 0.25) is 0 Å². The van der Waals surface area contributed by atoms with Crippen molar-refractivity contribution in [3.8, 4) is 5.75 Å². The summed E-state index contributed by atoms with van der Waals surface area (Å²) < 4.78 is 5.05. The third-order valence-corrected chi connectivity index (χ3v) is 1.73. The van der Waals surface area contributed by atoms with E-state index in [2.05, 4.69) is 22.5 Å². The first kappa shape index (κ1) is 7.56. The monoisotopic (exact) mass is 154 g/mol. The summed E-state index contributed by atoms with van der Waals surface area (Å²) in [4.78, 5) is 0. The Hall–Kier alpha value is -0.550. The highest BCUT2D eigenvalue weighted by atomic mass is 31.0. The van der Waals surface area contributed by atoms with Crippen LogP contribution in [-0.2, 0) is 6.42 Å². The van der Waals surface area contributed by atoms with E-state index >= 15 is 0 Å². The summed E-state index contributed by atoms with van der Waals surface area (Å²) >= 11 is 0. The van der Waals surface area contributed by atoms with Crippen molar-refractivity contribution < 1.29 is 4.52 Å². The average Bonchev–Trinajstić information content (AvgIpc) is 2.04. The third kappa shape index (κ3) is 1.48. The van der Waals surface area contributed by atoms with E-state index in [-0.39, 0.29) is 0 Å². The molecular weight excluding hydrogens is 143 g/mol. The zero-order valence-corrected chi connectivity index (χ0v) is 7.16. The first-order valence-corrected chi connectivity index (χ1v) is 3.80. The normalized spacial score (nSPS) is 9.40. The Balaban J connectivity index is 2.96. The molecule has 0 aliphatic rings. The van der Waals surface area contributed by atoms with Crippen molar-refractivity contribution in [2.24, 2.45) is 0 Å². The van der Waals surface area contributed by atoms with Crippen molar-refractivity contribution in [2.45, 2.75) is 13.3 Å². The van der Waals surface area contributed by atoms with Crippen LogP contribution in [0, 0.1) is 0 Å². The lowest BCUT2D eigenvalue weighted by atomic mass is 10.1. The third-order valence-electron chi connectivity index (χ3n) is 1.48. The molecule has 1 unspecified atom stereocenters. The molecule has 2 heteroatoms. The molecule has 54 valence electrons. The van der Waals surface area contributed by atoms with Gasteiger partial charge in [0.25, 0.3) is 0 Å². The molecule has 1 rings (SSSR count).